The van der Waals surface area contributed by atoms with Crippen molar-refractivity contribution in [3.63, 3.8) is 0 Å². The molecule has 2 heterocycles. The number of oxazole rings is 1. The van der Waals surface area contributed by atoms with Crippen molar-refractivity contribution in [3.8, 4) is 11.5 Å². The van der Waals surface area contributed by atoms with Crippen molar-refractivity contribution < 1.29 is 18.4 Å². The maximum absolute atomic E-state index is 13.9. The molecule has 0 bridgehead atoms. The van der Waals surface area contributed by atoms with Gasteiger partial charge in [0.15, 0.2) is 0 Å². The van der Waals surface area contributed by atoms with E-state index in [1.807, 2.05) is 0 Å². The fraction of sp³-hybridized carbons (Fsp3) is 0.500. The Kier molecular flexibility index (Phi) is 7.14. The number of rotatable bonds is 8. The summed E-state index contributed by atoms with van der Waals surface area (Å²) in [6, 6.07) is 6.72. The van der Waals surface area contributed by atoms with Crippen molar-refractivity contribution in [2.75, 3.05) is 19.6 Å². The molecule has 7 heteroatoms. The molecule has 6 nitrogen and oxygen atoms in total. The van der Waals surface area contributed by atoms with Gasteiger partial charge in [-0.25, -0.2) is 9.37 Å². The smallest absolute Gasteiger partial charge is 0.229 e. The minimum absolute atomic E-state index is 0.0135. The lowest BCUT2D eigenvalue weighted by atomic mass is 10.0. The summed E-state index contributed by atoms with van der Waals surface area (Å²) in [5.41, 5.74) is 0.683. The number of benzene rings is 1. The zero-order chi connectivity index (χ0) is 20.8. The van der Waals surface area contributed by atoms with Crippen LogP contribution in [0.3, 0.4) is 0 Å². The molecule has 0 saturated carbocycles. The fourth-order valence-corrected chi connectivity index (χ4v) is 3.66. The van der Waals surface area contributed by atoms with E-state index in [9.17, 15) is 14.0 Å². The third kappa shape index (κ3) is 5.73. The molecule has 0 aliphatic carbocycles. The molecule has 0 radical (unpaired) electrons. The minimum atomic E-state index is -0.436. The van der Waals surface area contributed by atoms with Crippen LogP contribution in [0.15, 0.2) is 28.7 Å². The molecule has 1 saturated heterocycles. The number of amides is 1. The van der Waals surface area contributed by atoms with E-state index in [-0.39, 0.29) is 36.0 Å². The third-order valence-corrected chi connectivity index (χ3v) is 5.38. The van der Waals surface area contributed by atoms with E-state index in [1.54, 1.807) is 25.1 Å². The Morgan fingerprint density at radius 2 is 2.10 bits per heavy atom. The first-order chi connectivity index (χ1) is 13.9. The first-order valence-corrected chi connectivity index (χ1v) is 10.2. The lowest BCUT2D eigenvalue weighted by Gasteiger charge is -2.33. The number of Topliss-reactive ketones (excluding diaryl/α,β-unsaturated/α-hetero) is 1. The zero-order valence-electron chi connectivity index (χ0n) is 17.0. The molecule has 1 aliphatic rings. The van der Waals surface area contributed by atoms with E-state index in [0.29, 0.717) is 24.0 Å². The van der Waals surface area contributed by atoms with Crippen LogP contribution in [0, 0.1) is 12.7 Å². The number of piperidine rings is 1. The minimum Gasteiger partial charge on any atom is -0.441 e. The van der Waals surface area contributed by atoms with Crippen LogP contribution in [0.5, 0.6) is 0 Å². The molecule has 3 rings (SSSR count). The number of likely N-dealkylation sites (tertiary alicyclic amines) is 1. The molecule has 1 fully saturated rings. The van der Waals surface area contributed by atoms with Gasteiger partial charge in [0.1, 0.15) is 17.4 Å². The van der Waals surface area contributed by atoms with Gasteiger partial charge in [0.25, 0.3) is 0 Å². The molecule has 1 aliphatic heterocycles. The molecule has 1 atom stereocenters. The first-order valence-electron chi connectivity index (χ1n) is 10.2. The van der Waals surface area contributed by atoms with Crippen LogP contribution in [-0.2, 0) is 16.0 Å². The van der Waals surface area contributed by atoms with E-state index in [0.717, 1.165) is 13.1 Å². The number of hydrogen-bond acceptors (Lipinski definition) is 5. The van der Waals surface area contributed by atoms with Crippen molar-refractivity contribution >= 4 is 11.7 Å². The molecule has 1 aromatic carbocycles. The lowest BCUT2D eigenvalue weighted by molar-refractivity contribution is -0.127. The van der Waals surface area contributed by atoms with Crippen molar-refractivity contribution in [2.45, 2.75) is 52.0 Å². The Balaban J connectivity index is 1.48. The van der Waals surface area contributed by atoms with Crippen LogP contribution in [0.25, 0.3) is 11.5 Å². The molecule has 29 heavy (non-hydrogen) atoms. The van der Waals surface area contributed by atoms with Gasteiger partial charge in [-0.1, -0.05) is 18.6 Å². The lowest BCUT2D eigenvalue weighted by Crippen LogP contribution is -2.42. The molecule has 1 aromatic heterocycles. The van der Waals surface area contributed by atoms with Crippen LogP contribution in [0.2, 0.25) is 0 Å². The molecule has 0 spiro atoms. The summed E-state index contributed by atoms with van der Waals surface area (Å²) in [7, 11) is 0. The van der Waals surface area contributed by atoms with Crippen molar-refractivity contribution in [2.24, 2.45) is 0 Å². The van der Waals surface area contributed by atoms with E-state index in [1.165, 1.54) is 25.3 Å². The van der Waals surface area contributed by atoms with Gasteiger partial charge in [-0.2, -0.15) is 0 Å². The van der Waals surface area contributed by atoms with Crippen molar-refractivity contribution in [1.29, 1.82) is 0 Å². The summed E-state index contributed by atoms with van der Waals surface area (Å²) in [5, 5.41) is 2.83. The van der Waals surface area contributed by atoms with E-state index in [2.05, 4.69) is 22.1 Å². The predicted octanol–water partition coefficient (Wildman–Crippen LogP) is 3.28. The molecule has 2 aromatic rings. The molecule has 1 N–H and O–H groups in total. The maximum atomic E-state index is 13.9. The van der Waals surface area contributed by atoms with Gasteiger partial charge in [-0.15, -0.1) is 0 Å². The van der Waals surface area contributed by atoms with Gasteiger partial charge in [0.05, 0.1) is 24.1 Å². The Hall–Kier alpha value is -2.54. The second-order valence-electron chi connectivity index (χ2n) is 7.62. The highest BCUT2D eigenvalue weighted by Gasteiger charge is 2.20. The summed E-state index contributed by atoms with van der Waals surface area (Å²) in [6.07, 6.45) is 3.44. The highest BCUT2D eigenvalue weighted by atomic mass is 19.1. The average molecular weight is 401 g/mol. The number of ketones is 1. The standard InChI is InChI=1S/C22H28FN3O3/c1-15-7-5-6-11-26(15)12-10-24-21(28)14-17(27)13-20-16(2)29-22(25-20)18-8-3-4-9-19(18)23/h3-4,8-9,15H,5-7,10-14H2,1-2H3,(H,24,28). The maximum Gasteiger partial charge on any atom is 0.229 e. The quantitative estimate of drug-likeness (QED) is 0.687. The van der Waals surface area contributed by atoms with Gasteiger partial charge in [-0.05, 0) is 45.4 Å². The van der Waals surface area contributed by atoms with E-state index >= 15 is 0 Å². The molecule has 1 unspecified atom stereocenters. The Morgan fingerprint density at radius 1 is 1.31 bits per heavy atom. The summed E-state index contributed by atoms with van der Waals surface area (Å²) in [4.78, 5) is 31.0. The van der Waals surface area contributed by atoms with Crippen LogP contribution >= 0.6 is 0 Å². The van der Waals surface area contributed by atoms with Gasteiger partial charge < -0.3 is 9.73 Å². The van der Waals surface area contributed by atoms with Crippen molar-refractivity contribution in [3.05, 3.63) is 41.5 Å². The second-order valence-corrected chi connectivity index (χ2v) is 7.62. The predicted molar refractivity (Wildman–Crippen MR) is 108 cm³/mol. The van der Waals surface area contributed by atoms with Crippen LogP contribution in [0.1, 0.15) is 44.1 Å². The fourth-order valence-electron chi connectivity index (χ4n) is 3.66. The van der Waals surface area contributed by atoms with Crippen LogP contribution < -0.4 is 5.32 Å². The molecular weight excluding hydrogens is 373 g/mol. The summed E-state index contributed by atoms with van der Waals surface area (Å²) >= 11 is 0. The number of aryl methyl sites for hydroxylation is 1. The van der Waals surface area contributed by atoms with Gasteiger partial charge in [-0.3, -0.25) is 14.5 Å². The van der Waals surface area contributed by atoms with Crippen LogP contribution in [0.4, 0.5) is 4.39 Å². The second kappa shape index (κ2) is 9.78. The summed E-state index contributed by atoms with van der Waals surface area (Å²) < 4.78 is 19.4. The largest absolute Gasteiger partial charge is 0.441 e. The first kappa shape index (κ1) is 21.2. The number of nitrogens with one attached hydrogen (secondary N) is 1. The summed E-state index contributed by atoms with van der Waals surface area (Å²) in [5.74, 6) is -0.367. The number of nitrogens with zero attached hydrogens (tertiary/aromatic N) is 2. The number of carbonyl (C=O) groups is 2. The SMILES string of the molecule is Cc1oc(-c2ccccc2F)nc1CC(=O)CC(=O)NCCN1CCCCC1C. The Bertz CT molecular complexity index is 865. The Labute approximate surface area is 170 Å². The third-order valence-electron chi connectivity index (χ3n) is 5.38. The molecule has 1 amide bonds. The monoisotopic (exact) mass is 401 g/mol. The topological polar surface area (TPSA) is 75.4 Å². The van der Waals surface area contributed by atoms with E-state index in [4.69, 9.17) is 4.42 Å². The molecule has 156 valence electrons. The van der Waals surface area contributed by atoms with Gasteiger partial charge in [0.2, 0.25) is 11.8 Å². The number of aromatic nitrogens is 1. The zero-order valence-corrected chi connectivity index (χ0v) is 17.0. The van der Waals surface area contributed by atoms with Gasteiger partial charge >= 0.3 is 0 Å². The van der Waals surface area contributed by atoms with Crippen molar-refractivity contribution in [1.82, 2.24) is 15.2 Å². The number of hydrogen-bond donors (Lipinski definition) is 1. The Morgan fingerprint density at radius 3 is 2.86 bits per heavy atom. The number of halogens is 1. The average Bonchev–Trinajstić information content (AvgIpc) is 3.03. The highest BCUT2D eigenvalue weighted by molar-refractivity contribution is 5.98. The molecular formula is C22H28FN3O3. The van der Waals surface area contributed by atoms with Gasteiger partial charge in [0, 0.05) is 19.1 Å². The van der Waals surface area contributed by atoms with E-state index < -0.39 is 5.82 Å². The number of carbonyl (C=O) groups excluding carboxylic acids is 2. The highest BCUT2D eigenvalue weighted by Crippen LogP contribution is 2.24. The normalized spacial score (nSPS) is 17.3. The summed E-state index contributed by atoms with van der Waals surface area (Å²) in [6.45, 7) is 6.29. The van der Waals surface area contributed by atoms with Crippen LogP contribution in [-0.4, -0.2) is 47.3 Å².